The summed E-state index contributed by atoms with van der Waals surface area (Å²) in [6, 6.07) is 14.4. The average molecular weight is 296 g/mol. The van der Waals surface area contributed by atoms with Gasteiger partial charge in [0.1, 0.15) is 5.75 Å². The van der Waals surface area contributed by atoms with Crippen LogP contribution in [0.5, 0.6) is 5.75 Å². The number of carboxylic acids is 1. The third-order valence-corrected chi connectivity index (χ3v) is 4.41. The minimum absolute atomic E-state index is 0.131. The summed E-state index contributed by atoms with van der Waals surface area (Å²) in [4.78, 5) is 11.1. The molecule has 0 aromatic heterocycles. The standard InChI is InChI=1S/C19H20O3/c1-22-17-7-3-5-14(10-17)15-9-8-13-4-2-6-16(12-19(20)21)18(13)11-15/h3,5,7-11,16H,2,4,6,12H2,1H3,(H,20,21). The third kappa shape index (κ3) is 2.98. The molecular formula is C19H20O3. The first-order valence-corrected chi connectivity index (χ1v) is 7.66. The summed E-state index contributed by atoms with van der Waals surface area (Å²) in [7, 11) is 1.66. The maximum absolute atomic E-state index is 11.1. The van der Waals surface area contributed by atoms with Crippen molar-refractivity contribution in [1.29, 1.82) is 0 Å². The van der Waals surface area contributed by atoms with E-state index in [9.17, 15) is 4.79 Å². The number of aliphatic carboxylic acids is 1. The summed E-state index contributed by atoms with van der Waals surface area (Å²) < 4.78 is 5.29. The van der Waals surface area contributed by atoms with E-state index in [0.717, 1.165) is 36.1 Å². The van der Waals surface area contributed by atoms with Crippen LogP contribution in [-0.4, -0.2) is 18.2 Å². The highest BCUT2D eigenvalue weighted by Crippen LogP contribution is 2.37. The Hall–Kier alpha value is -2.29. The van der Waals surface area contributed by atoms with E-state index in [4.69, 9.17) is 9.84 Å². The van der Waals surface area contributed by atoms with Crippen molar-refractivity contribution in [2.75, 3.05) is 7.11 Å². The van der Waals surface area contributed by atoms with Gasteiger partial charge in [-0.1, -0.05) is 30.3 Å². The first kappa shape index (κ1) is 14.6. The summed E-state index contributed by atoms with van der Waals surface area (Å²) in [5.74, 6) is 0.244. The molecule has 1 atom stereocenters. The Bertz CT molecular complexity index is 691. The number of hydrogen-bond donors (Lipinski definition) is 1. The lowest BCUT2D eigenvalue weighted by Crippen LogP contribution is -2.13. The molecule has 0 amide bonds. The van der Waals surface area contributed by atoms with Crippen LogP contribution in [0.25, 0.3) is 11.1 Å². The van der Waals surface area contributed by atoms with Crippen molar-refractivity contribution in [2.24, 2.45) is 0 Å². The lowest BCUT2D eigenvalue weighted by molar-refractivity contribution is -0.137. The number of ether oxygens (including phenoxy) is 1. The van der Waals surface area contributed by atoms with Crippen molar-refractivity contribution in [3.8, 4) is 16.9 Å². The predicted octanol–water partition coefficient (Wildman–Crippen LogP) is 4.26. The molecule has 0 heterocycles. The number of benzene rings is 2. The lowest BCUT2D eigenvalue weighted by atomic mass is 9.80. The molecule has 0 saturated carbocycles. The van der Waals surface area contributed by atoms with Gasteiger partial charge in [0, 0.05) is 0 Å². The van der Waals surface area contributed by atoms with Gasteiger partial charge in [0.25, 0.3) is 0 Å². The van der Waals surface area contributed by atoms with Crippen molar-refractivity contribution in [1.82, 2.24) is 0 Å². The maximum Gasteiger partial charge on any atom is 0.303 e. The molecule has 1 aliphatic rings. The Morgan fingerprint density at radius 2 is 2.05 bits per heavy atom. The second-order valence-corrected chi connectivity index (χ2v) is 5.83. The molecular weight excluding hydrogens is 276 g/mol. The zero-order valence-corrected chi connectivity index (χ0v) is 12.7. The van der Waals surface area contributed by atoms with Crippen LogP contribution in [0.4, 0.5) is 0 Å². The van der Waals surface area contributed by atoms with Gasteiger partial charge < -0.3 is 9.84 Å². The molecule has 1 N–H and O–H groups in total. The molecule has 2 aromatic rings. The first-order valence-electron chi connectivity index (χ1n) is 7.66. The normalized spacial score (nSPS) is 16.9. The average Bonchev–Trinajstić information content (AvgIpc) is 2.54. The summed E-state index contributed by atoms with van der Waals surface area (Å²) >= 11 is 0. The van der Waals surface area contributed by atoms with E-state index in [0.29, 0.717) is 0 Å². The summed E-state index contributed by atoms with van der Waals surface area (Å²) in [5.41, 5.74) is 4.72. The molecule has 0 fully saturated rings. The molecule has 1 unspecified atom stereocenters. The van der Waals surface area contributed by atoms with Crippen molar-refractivity contribution in [2.45, 2.75) is 31.6 Å². The van der Waals surface area contributed by atoms with Crippen LogP contribution < -0.4 is 4.74 Å². The maximum atomic E-state index is 11.1. The molecule has 114 valence electrons. The topological polar surface area (TPSA) is 46.5 Å². The largest absolute Gasteiger partial charge is 0.497 e. The van der Waals surface area contributed by atoms with Crippen LogP contribution in [-0.2, 0) is 11.2 Å². The molecule has 0 saturated heterocycles. The highest BCUT2D eigenvalue weighted by Gasteiger charge is 2.23. The van der Waals surface area contributed by atoms with Crippen molar-refractivity contribution in [3.05, 3.63) is 53.6 Å². The van der Waals surface area contributed by atoms with Gasteiger partial charge in [-0.25, -0.2) is 0 Å². The zero-order chi connectivity index (χ0) is 15.5. The number of rotatable bonds is 4. The van der Waals surface area contributed by atoms with Crippen LogP contribution in [0.15, 0.2) is 42.5 Å². The fourth-order valence-corrected chi connectivity index (χ4v) is 3.30. The summed E-state index contributed by atoms with van der Waals surface area (Å²) in [5, 5.41) is 9.13. The van der Waals surface area contributed by atoms with E-state index in [1.807, 2.05) is 18.2 Å². The predicted molar refractivity (Wildman–Crippen MR) is 86.4 cm³/mol. The minimum Gasteiger partial charge on any atom is -0.497 e. The van der Waals surface area contributed by atoms with Crippen LogP contribution in [0.2, 0.25) is 0 Å². The van der Waals surface area contributed by atoms with Crippen LogP contribution >= 0.6 is 0 Å². The Balaban J connectivity index is 1.99. The molecule has 2 aromatic carbocycles. The molecule has 3 rings (SSSR count). The Kier molecular flexibility index (Phi) is 4.14. The molecule has 22 heavy (non-hydrogen) atoms. The fourth-order valence-electron chi connectivity index (χ4n) is 3.30. The quantitative estimate of drug-likeness (QED) is 0.917. The second kappa shape index (κ2) is 6.22. The number of carbonyl (C=O) groups is 1. The Labute approximate surface area is 130 Å². The van der Waals surface area contributed by atoms with E-state index in [1.54, 1.807) is 7.11 Å². The SMILES string of the molecule is COc1cccc(-c2ccc3c(c2)C(CC(=O)O)CCC3)c1. The van der Waals surface area contributed by atoms with Crippen LogP contribution in [0.1, 0.15) is 36.3 Å². The minimum atomic E-state index is -0.718. The lowest BCUT2D eigenvalue weighted by Gasteiger charge is -2.25. The molecule has 0 radical (unpaired) electrons. The Morgan fingerprint density at radius 1 is 1.23 bits per heavy atom. The second-order valence-electron chi connectivity index (χ2n) is 5.83. The van der Waals surface area contributed by atoms with Gasteiger partial charge in [-0.05, 0) is 59.6 Å². The van der Waals surface area contributed by atoms with E-state index < -0.39 is 5.97 Å². The van der Waals surface area contributed by atoms with Crippen LogP contribution in [0, 0.1) is 0 Å². The molecule has 0 aliphatic heterocycles. The van der Waals surface area contributed by atoms with Gasteiger partial charge in [0.2, 0.25) is 0 Å². The first-order chi connectivity index (χ1) is 10.7. The number of hydrogen-bond acceptors (Lipinski definition) is 2. The van der Waals surface area contributed by atoms with E-state index in [-0.39, 0.29) is 12.3 Å². The number of carboxylic acid groups (broad SMARTS) is 1. The number of aryl methyl sites for hydroxylation is 1. The Morgan fingerprint density at radius 3 is 2.82 bits per heavy atom. The number of methoxy groups -OCH3 is 1. The van der Waals surface area contributed by atoms with Crippen LogP contribution in [0.3, 0.4) is 0 Å². The molecule has 3 heteroatoms. The summed E-state index contributed by atoms with van der Waals surface area (Å²) in [6.45, 7) is 0. The van der Waals surface area contributed by atoms with E-state index in [1.165, 1.54) is 11.1 Å². The van der Waals surface area contributed by atoms with Gasteiger partial charge in [-0.15, -0.1) is 0 Å². The molecule has 0 bridgehead atoms. The summed E-state index contributed by atoms with van der Waals surface area (Å²) in [6.07, 6.45) is 3.29. The van der Waals surface area contributed by atoms with Gasteiger partial charge in [0.05, 0.1) is 13.5 Å². The van der Waals surface area contributed by atoms with Crippen molar-refractivity contribution >= 4 is 5.97 Å². The van der Waals surface area contributed by atoms with Gasteiger partial charge in [-0.3, -0.25) is 4.79 Å². The smallest absolute Gasteiger partial charge is 0.303 e. The van der Waals surface area contributed by atoms with Crippen molar-refractivity contribution < 1.29 is 14.6 Å². The third-order valence-electron chi connectivity index (χ3n) is 4.41. The zero-order valence-electron chi connectivity index (χ0n) is 12.7. The van der Waals surface area contributed by atoms with Gasteiger partial charge in [-0.2, -0.15) is 0 Å². The molecule has 1 aliphatic carbocycles. The van der Waals surface area contributed by atoms with E-state index >= 15 is 0 Å². The van der Waals surface area contributed by atoms with Crippen molar-refractivity contribution in [3.63, 3.8) is 0 Å². The van der Waals surface area contributed by atoms with Gasteiger partial charge >= 0.3 is 5.97 Å². The molecule has 3 nitrogen and oxygen atoms in total. The number of fused-ring (bicyclic) bond motifs is 1. The highest BCUT2D eigenvalue weighted by molar-refractivity contribution is 5.70. The van der Waals surface area contributed by atoms with Gasteiger partial charge in [0.15, 0.2) is 0 Å². The fraction of sp³-hybridized carbons (Fsp3) is 0.316. The monoisotopic (exact) mass is 296 g/mol. The highest BCUT2D eigenvalue weighted by atomic mass is 16.5. The molecule has 0 spiro atoms. The van der Waals surface area contributed by atoms with E-state index in [2.05, 4.69) is 24.3 Å².